The Balaban J connectivity index is 1.77. The molecule has 7 heteroatoms. The van der Waals surface area contributed by atoms with E-state index in [2.05, 4.69) is 9.97 Å². The van der Waals surface area contributed by atoms with Crippen LogP contribution in [0.1, 0.15) is 11.3 Å². The average Bonchev–Trinajstić information content (AvgIpc) is 2.44. The maximum atomic E-state index is 6.21. The molecule has 2 heterocycles. The number of nitrogens with zero attached hydrogens (tertiary/aromatic N) is 2. The molecule has 110 valence electrons. The van der Waals surface area contributed by atoms with E-state index >= 15 is 0 Å². The van der Waals surface area contributed by atoms with Crippen LogP contribution in [0.5, 0.6) is 11.5 Å². The fourth-order valence-corrected chi connectivity index (χ4v) is 3.15. The second-order valence-electron chi connectivity index (χ2n) is 4.61. The molecule has 0 unspecified atom stereocenters. The van der Waals surface area contributed by atoms with Crippen molar-refractivity contribution in [3.63, 3.8) is 0 Å². The van der Waals surface area contributed by atoms with Crippen LogP contribution in [0.2, 0.25) is 5.02 Å². The van der Waals surface area contributed by atoms with E-state index in [1.165, 1.54) is 11.8 Å². The summed E-state index contributed by atoms with van der Waals surface area (Å²) in [5, 5.41) is 1.21. The molecule has 0 bridgehead atoms. The molecule has 1 aliphatic heterocycles. The van der Waals surface area contributed by atoms with Gasteiger partial charge in [-0.3, -0.25) is 0 Å². The van der Waals surface area contributed by atoms with Gasteiger partial charge in [0.15, 0.2) is 16.7 Å². The first-order valence-corrected chi connectivity index (χ1v) is 7.80. The van der Waals surface area contributed by atoms with Crippen molar-refractivity contribution in [2.24, 2.45) is 0 Å². The largest absolute Gasteiger partial charge is 0.486 e. The normalized spacial score (nSPS) is 13.2. The molecule has 0 aliphatic carbocycles. The van der Waals surface area contributed by atoms with E-state index in [0.29, 0.717) is 46.5 Å². The van der Waals surface area contributed by atoms with Gasteiger partial charge in [-0.05, 0) is 24.6 Å². The van der Waals surface area contributed by atoms with Crippen molar-refractivity contribution in [2.45, 2.75) is 17.8 Å². The predicted octanol–water partition coefficient (Wildman–Crippen LogP) is 3.08. The van der Waals surface area contributed by atoms with Gasteiger partial charge in [0.2, 0.25) is 0 Å². The number of aromatic nitrogens is 2. The van der Waals surface area contributed by atoms with Gasteiger partial charge in [-0.1, -0.05) is 23.4 Å². The molecule has 2 N–H and O–H groups in total. The van der Waals surface area contributed by atoms with Crippen LogP contribution in [0, 0.1) is 6.92 Å². The van der Waals surface area contributed by atoms with Crippen LogP contribution in [0.3, 0.4) is 0 Å². The molecular formula is C14H14ClN3O2S. The van der Waals surface area contributed by atoms with Gasteiger partial charge >= 0.3 is 0 Å². The number of hydrogen-bond donors (Lipinski definition) is 1. The molecule has 2 aromatic rings. The number of nitrogen functional groups attached to an aromatic ring is 1. The van der Waals surface area contributed by atoms with Crippen molar-refractivity contribution < 1.29 is 9.47 Å². The van der Waals surface area contributed by atoms with Gasteiger partial charge in [-0.2, -0.15) is 0 Å². The second kappa shape index (κ2) is 5.99. The Bertz CT molecular complexity index is 661. The molecule has 0 atom stereocenters. The van der Waals surface area contributed by atoms with Crippen molar-refractivity contribution in [3.05, 3.63) is 34.5 Å². The average molecular weight is 324 g/mol. The van der Waals surface area contributed by atoms with E-state index < -0.39 is 0 Å². The molecule has 1 aliphatic rings. The first kappa shape index (κ1) is 14.3. The Morgan fingerprint density at radius 1 is 1.24 bits per heavy atom. The minimum absolute atomic E-state index is 0.477. The molecule has 0 radical (unpaired) electrons. The Kier molecular flexibility index (Phi) is 4.07. The third-order valence-electron chi connectivity index (χ3n) is 2.88. The molecule has 5 nitrogen and oxygen atoms in total. The lowest BCUT2D eigenvalue weighted by Gasteiger charge is -2.20. The van der Waals surface area contributed by atoms with Crippen molar-refractivity contribution in [2.75, 3.05) is 18.9 Å². The van der Waals surface area contributed by atoms with Crippen LogP contribution in [0.25, 0.3) is 0 Å². The number of thioether (sulfide) groups is 1. The van der Waals surface area contributed by atoms with Gasteiger partial charge < -0.3 is 15.2 Å². The Morgan fingerprint density at radius 2 is 2.05 bits per heavy atom. The van der Waals surface area contributed by atoms with E-state index in [4.69, 9.17) is 26.8 Å². The van der Waals surface area contributed by atoms with Crippen LogP contribution < -0.4 is 15.2 Å². The number of benzene rings is 1. The third kappa shape index (κ3) is 3.33. The number of fused-ring (bicyclic) bond motifs is 1. The van der Waals surface area contributed by atoms with Crippen LogP contribution in [0.4, 0.5) is 5.82 Å². The van der Waals surface area contributed by atoms with Crippen molar-refractivity contribution in [1.29, 1.82) is 0 Å². The zero-order valence-corrected chi connectivity index (χ0v) is 13.0. The molecule has 3 rings (SSSR count). The van der Waals surface area contributed by atoms with Crippen LogP contribution in [0.15, 0.2) is 23.4 Å². The van der Waals surface area contributed by atoms with Crippen molar-refractivity contribution >= 4 is 29.2 Å². The Labute approximate surface area is 131 Å². The van der Waals surface area contributed by atoms with Gasteiger partial charge in [-0.25, -0.2) is 9.97 Å². The highest BCUT2D eigenvalue weighted by atomic mass is 35.5. The lowest BCUT2D eigenvalue weighted by molar-refractivity contribution is 0.171. The van der Waals surface area contributed by atoms with E-state index in [-0.39, 0.29) is 0 Å². The summed E-state index contributed by atoms with van der Waals surface area (Å²) in [5.74, 6) is 2.46. The zero-order valence-electron chi connectivity index (χ0n) is 11.4. The van der Waals surface area contributed by atoms with E-state index in [9.17, 15) is 0 Å². The fraction of sp³-hybridized carbons (Fsp3) is 0.286. The Hall–Kier alpha value is -1.66. The van der Waals surface area contributed by atoms with Crippen LogP contribution in [-0.4, -0.2) is 23.2 Å². The van der Waals surface area contributed by atoms with Crippen molar-refractivity contribution in [1.82, 2.24) is 9.97 Å². The SMILES string of the molecule is Cc1cc(N)nc(SCc2cc(Cl)c3c(c2)OCCO3)n1. The van der Waals surface area contributed by atoms with E-state index in [1.54, 1.807) is 6.07 Å². The zero-order chi connectivity index (χ0) is 14.8. The van der Waals surface area contributed by atoms with E-state index in [0.717, 1.165) is 11.3 Å². The molecule has 1 aromatic carbocycles. The summed E-state index contributed by atoms with van der Waals surface area (Å²) < 4.78 is 11.1. The molecule has 0 amide bonds. The third-order valence-corrected chi connectivity index (χ3v) is 4.08. The number of aryl methyl sites for hydroxylation is 1. The monoisotopic (exact) mass is 323 g/mol. The number of rotatable bonds is 3. The number of anilines is 1. The lowest BCUT2D eigenvalue weighted by Crippen LogP contribution is -2.15. The van der Waals surface area contributed by atoms with Gasteiger partial charge in [0.05, 0.1) is 5.02 Å². The van der Waals surface area contributed by atoms with Crippen LogP contribution >= 0.6 is 23.4 Å². The number of ether oxygens (including phenoxy) is 2. The predicted molar refractivity (Wildman–Crippen MR) is 83.2 cm³/mol. The van der Waals surface area contributed by atoms with Gasteiger partial charge in [0.25, 0.3) is 0 Å². The van der Waals surface area contributed by atoms with Gasteiger partial charge in [-0.15, -0.1) is 0 Å². The summed E-state index contributed by atoms with van der Waals surface area (Å²) >= 11 is 7.72. The molecular weight excluding hydrogens is 310 g/mol. The summed E-state index contributed by atoms with van der Waals surface area (Å²) in [6.07, 6.45) is 0. The second-order valence-corrected chi connectivity index (χ2v) is 5.96. The first-order chi connectivity index (χ1) is 10.1. The first-order valence-electron chi connectivity index (χ1n) is 6.44. The highest BCUT2D eigenvalue weighted by Gasteiger charge is 2.16. The molecule has 0 spiro atoms. The quantitative estimate of drug-likeness (QED) is 0.691. The summed E-state index contributed by atoms with van der Waals surface area (Å²) in [4.78, 5) is 8.54. The van der Waals surface area contributed by atoms with Crippen LogP contribution in [-0.2, 0) is 5.75 Å². The molecule has 0 fully saturated rings. The minimum Gasteiger partial charge on any atom is -0.486 e. The lowest BCUT2D eigenvalue weighted by atomic mass is 10.2. The number of nitrogens with two attached hydrogens (primary N) is 1. The van der Waals surface area contributed by atoms with E-state index in [1.807, 2.05) is 19.1 Å². The number of hydrogen-bond acceptors (Lipinski definition) is 6. The fourth-order valence-electron chi connectivity index (χ4n) is 2.02. The summed E-state index contributed by atoms with van der Waals surface area (Å²) in [5.41, 5.74) is 7.60. The highest BCUT2D eigenvalue weighted by molar-refractivity contribution is 7.98. The summed E-state index contributed by atoms with van der Waals surface area (Å²) in [7, 11) is 0. The standard InChI is InChI=1S/C14H14ClN3O2S/c1-8-4-12(16)18-14(17-8)21-7-9-5-10(15)13-11(6-9)19-2-3-20-13/h4-6H,2-3,7H2,1H3,(H2,16,17,18). The van der Waals surface area contributed by atoms with Gasteiger partial charge in [0.1, 0.15) is 19.0 Å². The summed E-state index contributed by atoms with van der Waals surface area (Å²) in [6.45, 7) is 2.96. The topological polar surface area (TPSA) is 70.3 Å². The summed E-state index contributed by atoms with van der Waals surface area (Å²) in [6, 6.07) is 5.55. The molecule has 21 heavy (non-hydrogen) atoms. The number of halogens is 1. The van der Waals surface area contributed by atoms with Crippen molar-refractivity contribution in [3.8, 4) is 11.5 Å². The maximum Gasteiger partial charge on any atom is 0.190 e. The highest BCUT2D eigenvalue weighted by Crippen LogP contribution is 2.39. The van der Waals surface area contributed by atoms with Gasteiger partial charge in [0, 0.05) is 17.5 Å². The maximum absolute atomic E-state index is 6.21. The molecule has 0 saturated heterocycles. The molecule has 0 saturated carbocycles. The Morgan fingerprint density at radius 3 is 2.86 bits per heavy atom. The minimum atomic E-state index is 0.477. The molecule has 1 aromatic heterocycles. The smallest absolute Gasteiger partial charge is 0.190 e.